The Kier molecular flexibility index (Phi) is 4.01. The number of amides is 1. The maximum absolute atomic E-state index is 11.8. The van der Waals surface area contributed by atoms with Crippen molar-refractivity contribution in [1.82, 2.24) is 5.32 Å². The molecule has 5 heteroatoms. The summed E-state index contributed by atoms with van der Waals surface area (Å²) in [6.45, 7) is 0.479. The molecule has 2 N–H and O–H groups in total. The number of rotatable bonds is 3. The highest BCUT2D eigenvalue weighted by Gasteiger charge is 2.11. The first-order chi connectivity index (χ1) is 8.16. The van der Waals surface area contributed by atoms with Gasteiger partial charge in [0.15, 0.2) is 0 Å². The average Bonchev–Trinajstić information content (AvgIpc) is 2.82. The number of hydrogen-bond acceptors (Lipinski definition) is 3. The average molecular weight is 359 g/mol. The predicted octanol–water partition coefficient (Wildman–Crippen LogP) is 2.99. The van der Waals surface area contributed by atoms with Crippen LogP contribution in [0.25, 0.3) is 0 Å². The molecule has 2 rings (SSSR count). The van der Waals surface area contributed by atoms with Gasteiger partial charge in [-0.2, -0.15) is 11.3 Å². The molecule has 0 unspecified atom stereocenters. The summed E-state index contributed by atoms with van der Waals surface area (Å²) in [7, 11) is 0. The lowest BCUT2D eigenvalue weighted by molar-refractivity contribution is 0.0948. The van der Waals surface area contributed by atoms with Crippen molar-refractivity contribution in [3.63, 3.8) is 0 Å². The number of halogens is 1. The molecule has 17 heavy (non-hydrogen) atoms. The van der Waals surface area contributed by atoms with Crippen LogP contribution in [0.3, 0.4) is 0 Å². The Morgan fingerprint density at radius 2 is 2.24 bits per heavy atom. The lowest BCUT2D eigenvalue weighted by atomic mass is 10.2. The number of phenols is 1. The van der Waals surface area contributed by atoms with Crippen LogP contribution in [0.1, 0.15) is 15.9 Å². The number of aromatic hydroxyl groups is 1. The van der Waals surface area contributed by atoms with Gasteiger partial charge >= 0.3 is 0 Å². The third-order valence-electron chi connectivity index (χ3n) is 2.24. The monoisotopic (exact) mass is 359 g/mol. The normalized spacial score (nSPS) is 10.2. The van der Waals surface area contributed by atoms with E-state index in [1.54, 1.807) is 23.5 Å². The molecule has 0 aliphatic carbocycles. The highest BCUT2D eigenvalue weighted by atomic mass is 127. The van der Waals surface area contributed by atoms with Crippen LogP contribution in [-0.2, 0) is 6.54 Å². The molecule has 0 saturated carbocycles. The molecule has 0 atom stereocenters. The van der Waals surface area contributed by atoms with Gasteiger partial charge in [-0.3, -0.25) is 4.79 Å². The minimum absolute atomic E-state index is 0.00762. The summed E-state index contributed by atoms with van der Waals surface area (Å²) in [5, 5.41) is 16.3. The standard InChI is InChI=1S/C12H10INO2S/c13-9-1-2-11(15)10(5-9)12(16)14-6-8-3-4-17-7-8/h1-5,7,15H,6H2,(H,14,16). The summed E-state index contributed by atoms with van der Waals surface area (Å²) in [5.41, 5.74) is 1.38. The van der Waals surface area contributed by atoms with Crippen molar-refractivity contribution in [3.8, 4) is 5.75 Å². The molecule has 0 radical (unpaired) electrons. The molecule has 0 saturated heterocycles. The first-order valence-electron chi connectivity index (χ1n) is 4.94. The van der Waals surface area contributed by atoms with Gasteiger partial charge in [-0.25, -0.2) is 0 Å². The molecule has 1 aromatic carbocycles. The van der Waals surface area contributed by atoms with E-state index in [9.17, 15) is 9.90 Å². The van der Waals surface area contributed by atoms with Crippen molar-refractivity contribution in [1.29, 1.82) is 0 Å². The molecule has 1 heterocycles. The molecule has 0 aliphatic heterocycles. The Bertz CT molecular complexity index is 525. The van der Waals surface area contributed by atoms with E-state index in [1.807, 2.05) is 16.8 Å². The van der Waals surface area contributed by atoms with Gasteiger partial charge in [0.2, 0.25) is 0 Å². The molecule has 2 aromatic rings. The van der Waals surface area contributed by atoms with Crippen molar-refractivity contribution in [2.45, 2.75) is 6.54 Å². The van der Waals surface area contributed by atoms with E-state index in [2.05, 4.69) is 27.9 Å². The van der Waals surface area contributed by atoms with Crippen molar-refractivity contribution in [2.24, 2.45) is 0 Å². The maximum atomic E-state index is 11.8. The number of carbonyl (C=O) groups excluding carboxylic acids is 1. The molecule has 0 spiro atoms. The molecule has 0 fully saturated rings. The van der Waals surface area contributed by atoms with Crippen molar-refractivity contribution >= 4 is 39.8 Å². The summed E-state index contributed by atoms with van der Waals surface area (Å²) in [6.07, 6.45) is 0. The summed E-state index contributed by atoms with van der Waals surface area (Å²) >= 11 is 3.70. The fourth-order valence-corrected chi connectivity index (χ4v) is 2.52. The van der Waals surface area contributed by atoms with Gasteiger partial charge in [0.05, 0.1) is 5.56 Å². The molecule has 88 valence electrons. The van der Waals surface area contributed by atoms with Crippen LogP contribution in [0.15, 0.2) is 35.0 Å². The topological polar surface area (TPSA) is 49.3 Å². The van der Waals surface area contributed by atoms with E-state index in [-0.39, 0.29) is 11.7 Å². The summed E-state index contributed by atoms with van der Waals surface area (Å²) in [6, 6.07) is 6.91. The summed E-state index contributed by atoms with van der Waals surface area (Å²) in [5.74, 6) is -0.250. The number of carbonyl (C=O) groups is 1. The van der Waals surface area contributed by atoms with E-state index in [1.165, 1.54) is 6.07 Å². The van der Waals surface area contributed by atoms with E-state index in [0.29, 0.717) is 12.1 Å². The Balaban J connectivity index is 2.07. The number of hydrogen-bond donors (Lipinski definition) is 2. The van der Waals surface area contributed by atoms with Crippen LogP contribution >= 0.6 is 33.9 Å². The van der Waals surface area contributed by atoms with Crippen molar-refractivity contribution < 1.29 is 9.90 Å². The highest BCUT2D eigenvalue weighted by molar-refractivity contribution is 14.1. The molecule has 1 aromatic heterocycles. The summed E-state index contributed by atoms with van der Waals surface area (Å²) in [4.78, 5) is 11.8. The molecule has 0 bridgehead atoms. The van der Waals surface area contributed by atoms with Gasteiger partial charge < -0.3 is 10.4 Å². The van der Waals surface area contributed by atoms with Crippen molar-refractivity contribution in [3.05, 3.63) is 49.7 Å². The first kappa shape index (κ1) is 12.4. The first-order valence-corrected chi connectivity index (χ1v) is 6.97. The second-order valence-corrected chi connectivity index (χ2v) is 5.50. The Labute approximate surface area is 117 Å². The molecule has 0 aliphatic rings. The Hall–Kier alpha value is -1.08. The van der Waals surface area contributed by atoms with E-state index < -0.39 is 0 Å². The second-order valence-electron chi connectivity index (χ2n) is 3.48. The quantitative estimate of drug-likeness (QED) is 0.828. The number of thiophene rings is 1. The summed E-state index contributed by atoms with van der Waals surface area (Å²) < 4.78 is 0.918. The molecular formula is C12H10INO2S. The van der Waals surface area contributed by atoms with Gasteiger partial charge in [0.1, 0.15) is 5.75 Å². The van der Waals surface area contributed by atoms with E-state index in [0.717, 1.165) is 9.13 Å². The van der Waals surface area contributed by atoms with Crippen LogP contribution in [0, 0.1) is 3.57 Å². The number of benzene rings is 1. The van der Waals surface area contributed by atoms with Gasteiger partial charge in [-0.05, 0) is 63.2 Å². The smallest absolute Gasteiger partial charge is 0.255 e. The lowest BCUT2D eigenvalue weighted by Gasteiger charge is -2.06. The van der Waals surface area contributed by atoms with Gasteiger partial charge in [-0.15, -0.1) is 0 Å². The van der Waals surface area contributed by atoms with Crippen molar-refractivity contribution in [2.75, 3.05) is 0 Å². The minimum atomic E-state index is -0.257. The number of nitrogens with one attached hydrogen (secondary N) is 1. The maximum Gasteiger partial charge on any atom is 0.255 e. The van der Waals surface area contributed by atoms with E-state index in [4.69, 9.17) is 0 Å². The third-order valence-corrected chi connectivity index (χ3v) is 3.64. The molecule has 1 amide bonds. The SMILES string of the molecule is O=C(NCc1ccsc1)c1cc(I)ccc1O. The minimum Gasteiger partial charge on any atom is -0.507 e. The Morgan fingerprint density at radius 1 is 1.41 bits per heavy atom. The molecule has 3 nitrogen and oxygen atoms in total. The van der Waals surface area contributed by atoms with Crippen LogP contribution < -0.4 is 5.32 Å². The predicted molar refractivity (Wildman–Crippen MR) is 76.3 cm³/mol. The van der Waals surface area contributed by atoms with Crippen LogP contribution in [0.4, 0.5) is 0 Å². The van der Waals surface area contributed by atoms with Crippen LogP contribution in [0.2, 0.25) is 0 Å². The van der Waals surface area contributed by atoms with Crippen LogP contribution in [-0.4, -0.2) is 11.0 Å². The van der Waals surface area contributed by atoms with Gasteiger partial charge in [0, 0.05) is 10.1 Å². The number of phenolic OH excluding ortho intramolecular Hbond substituents is 1. The van der Waals surface area contributed by atoms with E-state index >= 15 is 0 Å². The Morgan fingerprint density at radius 3 is 2.94 bits per heavy atom. The largest absolute Gasteiger partial charge is 0.507 e. The fraction of sp³-hybridized carbons (Fsp3) is 0.0833. The molecular weight excluding hydrogens is 349 g/mol. The lowest BCUT2D eigenvalue weighted by Crippen LogP contribution is -2.22. The van der Waals surface area contributed by atoms with Gasteiger partial charge in [0.25, 0.3) is 5.91 Å². The second kappa shape index (κ2) is 5.50. The zero-order valence-electron chi connectivity index (χ0n) is 8.81. The zero-order valence-corrected chi connectivity index (χ0v) is 11.8. The highest BCUT2D eigenvalue weighted by Crippen LogP contribution is 2.19. The van der Waals surface area contributed by atoms with Gasteiger partial charge in [-0.1, -0.05) is 0 Å². The fourth-order valence-electron chi connectivity index (χ4n) is 1.36. The van der Waals surface area contributed by atoms with Crippen LogP contribution in [0.5, 0.6) is 5.75 Å². The zero-order chi connectivity index (χ0) is 12.3. The third kappa shape index (κ3) is 3.19.